The van der Waals surface area contributed by atoms with Gasteiger partial charge in [0.05, 0.1) is 17.9 Å². The third kappa shape index (κ3) is 5.67. The minimum Gasteiger partial charge on any atom is -0.384 e. The standard InChI is InChI=1S/C16H23F3N2O3S/c1-24-12-15(6-8-20-9-7-15)11-21-25(22,23)10-13-4-2-3-5-14(13)16(17,18)19/h2-5,20-21H,6-12H2,1H3. The topological polar surface area (TPSA) is 67.4 Å². The van der Waals surface area contributed by atoms with E-state index in [0.717, 1.165) is 32.0 Å². The van der Waals surface area contributed by atoms with Gasteiger partial charge in [0.2, 0.25) is 10.0 Å². The number of hydrogen-bond donors (Lipinski definition) is 2. The lowest BCUT2D eigenvalue weighted by Crippen LogP contribution is -2.47. The minimum absolute atomic E-state index is 0.152. The normalized spacial score (nSPS) is 18.2. The molecule has 0 unspecified atom stereocenters. The lowest BCUT2D eigenvalue weighted by atomic mass is 9.80. The smallest absolute Gasteiger partial charge is 0.384 e. The van der Waals surface area contributed by atoms with Crippen molar-refractivity contribution in [1.29, 1.82) is 0 Å². The lowest BCUT2D eigenvalue weighted by molar-refractivity contribution is -0.138. The quantitative estimate of drug-likeness (QED) is 0.761. The average Bonchev–Trinajstić information content (AvgIpc) is 2.54. The van der Waals surface area contributed by atoms with E-state index in [4.69, 9.17) is 4.74 Å². The van der Waals surface area contributed by atoms with E-state index in [2.05, 4.69) is 10.0 Å². The molecule has 9 heteroatoms. The highest BCUT2D eigenvalue weighted by molar-refractivity contribution is 7.88. The highest BCUT2D eigenvalue weighted by Crippen LogP contribution is 2.33. The molecule has 1 aromatic rings. The Morgan fingerprint density at radius 2 is 1.88 bits per heavy atom. The molecule has 1 heterocycles. The number of nitrogens with one attached hydrogen (secondary N) is 2. The summed E-state index contributed by atoms with van der Waals surface area (Å²) >= 11 is 0. The fourth-order valence-corrected chi connectivity index (χ4v) is 4.37. The molecule has 1 saturated heterocycles. The van der Waals surface area contributed by atoms with Crippen molar-refractivity contribution in [3.8, 4) is 0 Å². The summed E-state index contributed by atoms with van der Waals surface area (Å²) in [6.45, 7) is 2.05. The molecule has 142 valence electrons. The van der Waals surface area contributed by atoms with Gasteiger partial charge in [-0.2, -0.15) is 13.2 Å². The third-order valence-corrected chi connectivity index (χ3v) is 5.73. The van der Waals surface area contributed by atoms with Crippen LogP contribution in [0.3, 0.4) is 0 Å². The van der Waals surface area contributed by atoms with Crippen LogP contribution in [0.25, 0.3) is 0 Å². The molecule has 0 aromatic heterocycles. The van der Waals surface area contributed by atoms with Gasteiger partial charge in [-0.05, 0) is 37.6 Å². The van der Waals surface area contributed by atoms with Gasteiger partial charge in [-0.15, -0.1) is 0 Å². The number of methoxy groups -OCH3 is 1. The number of piperidine rings is 1. The van der Waals surface area contributed by atoms with E-state index in [9.17, 15) is 21.6 Å². The van der Waals surface area contributed by atoms with E-state index in [0.29, 0.717) is 6.61 Å². The van der Waals surface area contributed by atoms with Crippen LogP contribution in [0.4, 0.5) is 13.2 Å². The van der Waals surface area contributed by atoms with Crippen LogP contribution in [-0.2, 0) is 26.7 Å². The summed E-state index contributed by atoms with van der Waals surface area (Å²) in [5.41, 5.74) is -1.51. The Hall–Kier alpha value is -1.16. The van der Waals surface area contributed by atoms with Gasteiger partial charge in [0, 0.05) is 19.1 Å². The van der Waals surface area contributed by atoms with Crippen LogP contribution in [0.5, 0.6) is 0 Å². The number of sulfonamides is 1. The fraction of sp³-hybridized carbons (Fsp3) is 0.625. The number of ether oxygens (including phenoxy) is 1. The lowest BCUT2D eigenvalue weighted by Gasteiger charge is -2.37. The Morgan fingerprint density at radius 3 is 2.48 bits per heavy atom. The Kier molecular flexibility index (Phi) is 6.47. The molecule has 0 spiro atoms. The van der Waals surface area contributed by atoms with Crippen LogP contribution >= 0.6 is 0 Å². The Labute approximate surface area is 146 Å². The van der Waals surface area contributed by atoms with Crippen molar-refractivity contribution in [3.05, 3.63) is 35.4 Å². The number of benzene rings is 1. The number of hydrogen-bond acceptors (Lipinski definition) is 4. The summed E-state index contributed by atoms with van der Waals surface area (Å²) in [5, 5.41) is 3.20. The highest BCUT2D eigenvalue weighted by atomic mass is 32.2. The van der Waals surface area contributed by atoms with Crippen LogP contribution in [0, 0.1) is 5.41 Å². The second-order valence-corrected chi connectivity index (χ2v) is 8.22. The molecule has 25 heavy (non-hydrogen) atoms. The molecule has 0 atom stereocenters. The number of alkyl halides is 3. The molecule has 1 aliphatic rings. The first-order valence-electron chi connectivity index (χ1n) is 8.00. The second kappa shape index (κ2) is 8.03. The SMILES string of the molecule is COCC1(CNS(=O)(=O)Cc2ccccc2C(F)(F)F)CCNCC1. The maximum Gasteiger partial charge on any atom is 0.416 e. The summed E-state index contributed by atoms with van der Waals surface area (Å²) in [4.78, 5) is 0. The zero-order valence-corrected chi connectivity index (χ0v) is 14.8. The third-order valence-electron chi connectivity index (χ3n) is 4.45. The minimum atomic E-state index is -4.58. The molecule has 0 aliphatic carbocycles. The van der Waals surface area contributed by atoms with Gasteiger partial charge >= 0.3 is 6.18 Å². The van der Waals surface area contributed by atoms with Crippen LogP contribution in [-0.4, -0.2) is 41.8 Å². The molecule has 1 aromatic carbocycles. The van der Waals surface area contributed by atoms with E-state index >= 15 is 0 Å². The predicted octanol–water partition coefficient (Wildman–Crippen LogP) is 2.14. The highest BCUT2D eigenvalue weighted by Gasteiger charge is 2.36. The largest absolute Gasteiger partial charge is 0.416 e. The van der Waals surface area contributed by atoms with Gasteiger partial charge in [-0.1, -0.05) is 18.2 Å². The second-order valence-electron chi connectivity index (χ2n) is 6.42. The predicted molar refractivity (Wildman–Crippen MR) is 88.5 cm³/mol. The van der Waals surface area contributed by atoms with E-state index < -0.39 is 27.5 Å². The molecule has 0 saturated carbocycles. The maximum absolute atomic E-state index is 13.0. The van der Waals surface area contributed by atoms with Gasteiger partial charge in [-0.25, -0.2) is 13.1 Å². The molecule has 0 bridgehead atoms. The average molecular weight is 380 g/mol. The van der Waals surface area contributed by atoms with Gasteiger partial charge < -0.3 is 10.1 Å². The van der Waals surface area contributed by atoms with Crippen molar-refractivity contribution >= 4 is 10.0 Å². The molecule has 2 rings (SSSR count). The van der Waals surface area contributed by atoms with Gasteiger partial charge in [-0.3, -0.25) is 0 Å². The summed E-state index contributed by atoms with van der Waals surface area (Å²) in [6.07, 6.45) is -3.11. The molecule has 0 amide bonds. The van der Waals surface area contributed by atoms with E-state index in [1.54, 1.807) is 7.11 Å². The molecule has 1 aliphatic heterocycles. The van der Waals surface area contributed by atoms with E-state index in [1.807, 2.05) is 0 Å². The number of rotatable bonds is 7. The maximum atomic E-state index is 13.0. The van der Waals surface area contributed by atoms with Gasteiger partial charge in [0.15, 0.2) is 0 Å². The zero-order chi connectivity index (χ0) is 18.6. The first kappa shape index (κ1) is 20.2. The van der Waals surface area contributed by atoms with Crippen molar-refractivity contribution in [2.24, 2.45) is 5.41 Å². The van der Waals surface area contributed by atoms with Gasteiger partial charge in [0.1, 0.15) is 0 Å². The van der Waals surface area contributed by atoms with Crippen LogP contribution in [0.1, 0.15) is 24.0 Å². The molecule has 1 fully saturated rings. The fourth-order valence-electron chi connectivity index (χ4n) is 3.08. The molecule has 0 radical (unpaired) electrons. The summed E-state index contributed by atoms with van der Waals surface area (Å²) in [7, 11) is -2.35. The van der Waals surface area contributed by atoms with Crippen molar-refractivity contribution in [3.63, 3.8) is 0 Å². The Morgan fingerprint density at radius 1 is 1.24 bits per heavy atom. The molecular weight excluding hydrogens is 357 g/mol. The Balaban J connectivity index is 2.10. The van der Waals surface area contributed by atoms with Gasteiger partial charge in [0.25, 0.3) is 0 Å². The zero-order valence-electron chi connectivity index (χ0n) is 14.0. The van der Waals surface area contributed by atoms with Crippen LogP contribution in [0.2, 0.25) is 0 Å². The molecular formula is C16H23F3N2O3S. The van der Waals surface area contributed by atoms with Crippen molar-refractivity contribution in [2.75, 3.05) is 33.4 Å². The van der Waals surface area contributed by atoms with E-state index in [-0.39, 0.29) is 17.5 Å². The monoisotopic (exact) mass is 380 g/mol. The first-order valence-corrected chi connectivity index (χ1v) is 9.65. The van der Waals surface area contributed by atoms with E-state index in [1.165, 1.54) is 18.2 Å². The summed E-state index contributed by atoms with van der Waals surface area (Å²) in [5.74, 6) is -0.704. The van der Waals surface area contributed by atoms with Crippen LogP contribution in [0.15, 0.2) is 24.3 Å². The van der Waals surface area contributed by atoms with Crippen molar-refractivity contribution in [2.45, 2.75) is 24.8 Å². The molecule has 2 N–H and O–H groups in total. The molecule has 5 nitrogen and oxygen atoms in total. The summed E-state index contributed by atoms with van der Waals surface area (Å²) < 4.78 is 71.4. The first-order chi connectivity index (χ1) is 11.7. The van der Waals surface area contributed by atoms with Crippen molar-refractivity contribution < 1.29 is 26.3 Å². The summed E-state index contributed by atoms with van der Waals surface area (Å²) in [6, 6.07) is 4.73. The Bertz CT molecular complexity index is 666. The van der Waals surface area contributed by atoms with Crippen LogP contribution < -0.4 is 10.0 Å². The van der Waals surface area contributed by atoms with Crippen molar-refractivity contribution in [1.82, 2.24) is 10.0 Å². The number of halogens is 3.